The summed E-state index contributed by atoms with van der Waals surface area (Å²) in [7, 11) is 0. The fraction of sp³-hybridized carbons (Fsp3) is 0.625. The van der Waals surface area contributed by atoms with E-state index in [1.54, 1.807) is 0 Å². The van der Waals surface area contributed by atoms with Crippen molar-refractivity contribution in [2.45, 2.75) is 52.4 Å². The predicted molar refractivity (Wildman–Crippen MR) is 88.3 cm³/mol. The van der Waals surface area contributed by atoms with Crippen LogP contribution in [0.3, 0.4) is 0 Å². The van der Waals surface area contributed by atoms with Crippen LogP contribution in [0, 0.1) is 13.8 Å². The van der Waals surface area contributed by atoms with Crippen LogP contribution in [0.4, 0.5) is 5.95 Å². The summed E-state index contributed by atoms with van der Waals surface area (Å²) < 4.78 is 0. The summed E-state index contributed by atoms with van der Waals surface area (Å²) in [5.41, 5.74) is 1.83. The van der Waals surface area contributed by atoms with Crippen LogP contribution in [0.1, 0.15) is 49.9 Å². The smallest absolute Gasteiger partial charge is 0.303 e. The van der Waals surface area contributed by atoms with Crippen molar-refractivity contribution in [1.29, 1.82) is 0 Å². The number of hydrogen-bond donors (Lipinski definition) is 3. The first kappa shape index (κ1) is 18.9. The van der Waals surface area contributed by atoms with Gasteiger partial charge in [0.2, 0.25) is 11.9 Å². The van der Waals surface area contributed by atoms with E-state index in [1.165, 1.54) is 0 Å². The number of carbonyl (C=O) groups is 2. The first-order valence-electron chi connectivity index (χ1n) is 8.02. The second kappa shape index (κ2) is 10.5. The lowest BCUT2D eigenvalue weighted by Crippen LogP contribution is -2.24. The molecule has 1 amide bonds. The van der Waals surface area contributed by atoms with Crippen LogP contribution < -0.4 is 10.6 Å². The molecule has 0 aliphatic carbocycles. The lowest BCUT2D eigenvalue weighted by Gasteiger charge is -2.07. The van der Waals surface area contributed by atoms with Gasteiger partial charge < -0.3 is 15.7 Å². The van der Waals surface area contributed by atoms with E-state index >= 15 is 0 Å². The number of carboxylic acid groups (broad SMARTS) is 1. The largest absolute Gasteiger partial charge is 0.481 e. The Bertz CT molecular complexity index is 500. The molecule has 0 spiro atoms. The summed E-state index contributed by atoms with van der Waals surface area (Å²) in [5.74, 6) is -0.151. The average molecular weight is 322 g/mol. The fourth-order valence-corrected chi connectivity index (χ4v) is 2.15. The molecule has 3 N–H and O–H groups in total. The first-order valence-corrected chi connectivity index (χ1v) is 8.02. The number of carboxylic acids is 1. The van der Waals surface area contributed by atoms with E-state index in [2.05, 4.69) is 20.6 Å². The van der Waals surface area contributed by atoms with Crippen molar-refractivity contribution in [2.24, 2.45) is 0 Å². The van der Waals surface area contributed by atoms with Gasteiger partial charge in [0.05, 0.1) is 0 Å². The molecule has 0 bridgehead atoms. The van der Waals surface area contributed by atoms with Crippen LogP contribution in [0.15, 0.2) is 6.07 Å². The third-order valence-corrected chi connectivity index (χ3v) is 3.24. The maximum atomic E-state index is 11.6. The number of amides is 1. The topological polar surface area (TPSA) is 104 Å². The van der Waals surface area contributed by atoms with Crippen molar-refractivity contribution in [1.82, 2.24) is 15.3 Å². The zero-order valence-electron chi connectivity index (χ0n) is 13.9. The second-order valence-corrected chi connectivity index (χ2v) is 5.56. The SMILES string of the molecule is Cc1cc(C)nc(NCCCC(=O)NCCCCCC(=O)O)n1. The quantitative estimate of drug-likeness (QED) is 0.539. The van der Waals surface area contributed by atoms with Gasteiger partial charge in [-0.25, -0.2) is 9.97 Å². The molecule has 1 heterocycles. The summed E-state index contributed by atoms with van der Waals surface area (Å²) in [6.45, 7) is 5.09. The Hall–Kier alpha value is -2.18. The molecule has 0 radical (unpaired) electrons. The number of aliphatic carboxylic acids is 1. The second-order valence-electron chi connectivity index (χ2n) is 5.56. The minimum absolute atomic E-state index is 0.0198. The highest BCUT2D eigenvalue weighted by molar-refractivity contribution is 5.75. The van der Waals surface area contributed by atoms with Gasteiger partial charge in [0.1, 0.15) is 0 Å². The van der Waals surface area contributed by atoms with Gasteiger partial charge in [0.15, 0.2) is 0 Å². The van der Waals surface area contributed by atoms with Gasteiger partial charge in [0, 0.05) is 37.3 Å². The van der Waals surface area contributed by atoms with Gasteiger partial charge in [-0.1, -0.05) is 6.42 Å². The Labute approximate surface area is 136 Å². The molecule has 128 valence electrons. The molecule has 7 heteroatoms. The lowest BCUT2D eigenvalue weighted by molar-refractivity contribution is -0.137. The summed E-state index contributed by atoms with van der Waals surface area (Å²) in [4.78, 5) is 30.5. The zero-order valence-corrected chi connectivity index (χ0v) is 13.9. The summed E-state index contributed by atoms with van der Waals surface area (Å²) in [6, 6.07) is 1.91. The van der Waals surface area contributed by atoms with Gasteiger partial charge in [-0.2, -0.15) is 0 Å². The molecular formula is C16H26N4O3. The van der Waals surface area contributed by atoms with E-state index in [9.17, 15) is 9.59 Å². The molecule has 0 unspecified atom stereocenters. The maximum absolute atomic E-state index is 11.6. The van der Waals surface area contributed by atoms with Crippen molar-refractivity contribution < 1.29 is 14.7 Å². The monoisotopic (exact) mass is 322 g/mol. The molecule has 23 heavy (non-hydrogen) atoms. The molecule has 1 aromatic heterocycles. The zero-order chi connectivity index (χ0) is 17.1. The average Bonchev–Trinajstić information content (AvgIpc) is 2.46. The van der Waals surface area contributed by atoms with E-state index < -0.39 is 5.97 Å². The van der Waals surface area contributed by atoms with Gasteiger partial charge in [-0.3, -0.25) is 9.59 Å². The number of aromatic nitrogens is 2. The van der Waals surface area contributed by atoms with Crippen molar-refractivity contribution in [3.05, 3.63) is 17.5 Å². The number of nitrogens with zero attached hydrogens (tertiary/aromatic N) is 2. The highest BCUT2D eigenvalue weighted by Gasteiger charge is 2.02. The van der Waals surface area contributed by atoms with Crippen LogP contribution in [-0.4, -0.2) is 40.0 Å². The third-order valence-electron chi connectivity index (χ3n) is 3.24. The molecule has 0 aromatic carbocycles. The number of nitrogens with one attached hydrogen (secondary N) is 2. The van der Waals surface area contributed by atoms with Crippen LogP contribution in [0.2, 0.25) is 0 Å². The van der Waals surface area contributed by atoms with E-state index in [-0.39, 0.29) is 12.3 Å². The molecule has 1 rings (SSSR count). The van der Waals surface area contributed by atoms with Gasteiger partial charge in [-0.15, -0.1) is 0 Å². The predicted octanol–water partition coefficient (Wildman–Crippen LogP) is 2.05. The minimum Gasteiger partial charge on any atom is -0.481 e. The van der Waals surface area contributed by atoms with Crippen LogP contribution in [-0.2, 0) is 9.59 Å². The Morgan fingerprint density at radius 1 is 1.00 bits per heavy atom. The molecule has 0 aliphatic rings. The van der Waals surface area contributed by atoms with E-state index in [0.717, 1.165) is 24.2 Å². The van der Waals surface area contributed by atoms with E-state index in [1.807, 2.05) is 19.9 Å². The Balaban J connectivity index is 2.04. The molecule has 0 saturated heterocycles. The van der Waals surface area contributed by atoms with Crippen molar-refractivity contribution in [2.75, 3.05) is 18.4 Å². The number of unbranched alkanes of at least 4 members (excludes halogenated alkanes) is 2. The number of rotatable bonds is 11. The van der Waals surface area contributed by atoms with Gasteiger partial charge >= 0.3 is 5.97 Å². The Morgan fingerprint density at radius 2 is 1.70 bits per heavy atom. The minimum atomic E-state index is -0.769. The molecule has 0 saturated carbocycles. The highest BCUT2D eigenvalue weighted by atomic mass is 16.4. The van der Waals surface area contributed by atoms with Gasteiger partial charge in [0.25, 0.3) is 0 Å². The molecule has 0 atom stereocenters. The third kappa shape index (κ3) is 9.44. The maximum Gasteiger partial charge on any atom is 0.303 e. The fourth-order valence-electron chi connectivity index (χ4n) is 2.15. The van der Waals surface area contributed by atoms with Crippen LogP contribution >= 0.6 is 0 Å². The molecular weight excluding hydrogens is 296 g/mol. The molecule has 0 fully saturated rings. The Morgan fingerprint density at radius 3 is 2.35 bits per heavy atom. The molecule has 0 aliphatic heterocycles. The Kier molecular flexibility index (Phi) is 8.64. The highest BCUT2D eigenvalue weighted by Crippen LogP contribution is 2.04. The first-order chi connectivity index (χ1) is 11.0. The molecule has 7 nitrogen and oxygen atoms in total. The van der Waals surface area contributed by atoms with Crippen molar-refractivity contribution in [3.63, 3.8) is 0 Å². The van der Waals surface area contributed by atoms with Crippen LogP contribution in [0.25, 0.3) is 0 Å². The standard InChI is InChI=1S/C16H26N4O3/c1-12-11-13(2)20-16(19-12)18-10-6-7-14(21)17-9-5-3-4-8-15(22)23/h11H,3-10H2,1-2H3,(H,17,21)(H,22,23)(H,18,19,20). The summed E-state index contributed by atoms with van der Waals surface area (Å²) >= 11 is 0. The van der Waals surface area contributed by atoms with E-state index in [4.69, 9.17) is 5.11 Å². The van der Waals surface area contributed by atoms with Gasteiger partial charge in [-0.05, 0) is 39.2 Å². The summed E-state index contributed by atoms with van der Waals surface area (Å²) in [6.07, 6.45) is 3.64. The normalized spacial score (nSPS) is 10.3. The van der Waals surface area contributed by atoms with Crippen molar-refractivity contribution >= 4 is 17.8 Å². The number of aryl methyl sites for hydroxylation is 2. The number of carbonyl (C=O) groups excluding carboxylic acids is 1. The van der Waals surface area contributed by atoms with Crippen molar-refractivity contribution in [3.8, 4) is 0 Å². The number of hydrogen-bond acceptors (Lipinski definition) is 5. The molecule has 1 aromatic rings. The number of anilines is 1. The van der Waals surface area contributed by atoms with Crippen LogP contribution in [0.5, 0.6) is 0 Å². The summed E-state index contributed by atoms with van der Waals surface area (Å²) in [5, 5.41) is 14.5. The lowest BCUT2D eigenvalue weighted by atomic mass is 10.2. The van der Waals surface area contributed by atoms with E-state index in [0.29, 0.717) is 38.3 Å².